The lowest BCUT2D eigenvalue weighted by molar-refractivity contribution is -0.139. The number of carbonyl (C=O) groups is 1. The standard InChI is InChI=1S/C12H14Cl2FNO4S/c1-6(2)5-8(12(17)18)16-21(19,20)9-4-3-7(13)11(15)10(9)14/h3-4,6,8,16H,5H2,1-2H3,(H,17,18)/t8-/m0/s1. The summed E-state index contributed by atoms with van der Waals surface area (Å²) in [4.78, 5) is 10.5. The minimum atomic E-state index is -4.28. The van der Waals surface area contributed by atoms with Gasteiger partial charge in [0, 0.05) is 0 Å². The molecule has 0 spiro atoms. The van der Waals surface area contributed by atoms with Crippen LogP contribution in [0, 0.1) is 11.7 Å². The van der Waals surface area contributed by atoms with Crippen molar-refractivity contribution in [2.75, 3.05) is 0 Å². The fourth-order valence-electron chi connectivity index (χ4n) is 1.64. The van der Waals surface area contributed by atoms with Crippen molar-refractivity contribution in [1.82, 2.24) is 4.72 Å². The quantitative estimate of drug-likeness (QED) is 0.766. The Balaban J connectivity index is 3.17. The predicted molar refractivity (Wildman–Crippen MR) is 77.6 cm³/mol. The first-order chi connectivity index (χ1) is 9.56. The summed E-state index contributed by atoms with van der Waals surface area (Å²) in [6.07, 6.45) is 0.0856. The van der Waals surface area contributed by atoms with E-state index in [4.69, 9.17) is 28.3 Å². The van der Waals surface area contributed by atoms with Crippen molar-refractivity contribution in [2.24, 2.45) is 5.92 Å². The predicted octanol–water partition coefficient (Wildman–Crippen LogP) is 2.91. The van der Waals surface area contributed by atoms with Crippen LogP contribution in [0.2, 0.25) is 10.0 Å². The number of carboxylic acids is 1. The van der Waals surface area contributed by atoms with Gasteiger partial charge in [-0.05, 0) is 24.5 Å². The molecule has 118 valence electrons. The topological polar surface area (TPSA) is 83.5 Å². The fourth-order valence-corrected chi connectivity index (χ4v) is 3.58. The van der Waals surface area contributed by atoms with Gasteiger partial charge >= 0.3 is 5.97 Å². The largest absolute Gasteiger partial charge is 0.480 e. The molecule has 5 nitrogen and oxygen atoms in total. The Bertz CT molecular complexity index is 649. The highest BCUT2D eigenvalue weighted by Crippen LogP contribution is 2.29. The molecule has 0 saturated carbocycles. The van der Waals surface area contributed by atoms with Crippen molar-refractivity contribution in [3.8, 4) is 0 Å². The number of nitrogens with one attached hydrogen (secondary N) is 1. The first kappa shape index (κ1) is 18.2. The molecule has 0 fully saturated rings. The lowest BCUT2D eigenvalue weighted by atomic mass is 10.1. The highest BCUT2D eigenvalue weighted by Gasteiger charge is 2.28. The van der Waals surface area contributed by atoms with E-state index in [9.17, 15) is 17.6 Å². The van der Waals surface area contributed by atoms with Gasteiger partial charge in [-0.1, -0.05) is 37.0 Å². The molecule has 1 aromatic rings. The molecule has 0 saturated heterocycles. The zero-order valence-electron chi connectivity index (χ0n) is 11.2. The summed E-state index contributed by atoms with van der Waals surface area (Å²) in [5.74, 6) is -2.44. The summed E-state index contributed by atoms with van der Waals surface area (Å²) in [6, 6.07) is 0.727. The van der Waals surface area contributed by atoms with Crippen LogP contribution in [-0.4, -0.2) is 25.5 Å². The van der Waals surface area contributed by atoms with Crippen LogP contribution in [0.1, 0.15) is 20.3 Å². The van der Waals surface area contributed by atoms with Gasteiger partial charge in [-0.2, -0.15) is 4.72 Å². The Morgan fingerprint density at radius 3 is 2.43 bits per heavy atom. The third-order valence-electron chi connectivity index (χ3n) is 2.59. The molecule has 9 heteroatoms. The number of rotatable bonds is 6. The van der Waals surface area contributed by atoms with Gasteiger partial charge in [-0.15, -0.1) is 0 Å². The normalized spacial score (nSPS) is 13.4. The zero-order valence-corrected chi connectivity index (χ0v) is 13.6. The van der Waals surface area contributed by atoms with Crippen molar-refractivity contribution >= 4 is 39.2 Å². The van der Waals surface area contributed by atoms with E-state index in [2.05, 4.69) is 0 Å². The first-order valence-electron chi connectivity index (χ1n) is 5.95. The van der Waals surface area contributed by atoms with Gasteiger partial charge in [0.1, 0.15) is 10.9 Å². The van der Waals surface area contributed by atoms with Crippen LogP contribution in [0.5, 0.6) is 0 Å². The van der Waals surface area contributed by atoms with Gasteiger partial charge in [-0.25, -0.2) is 12.8 Å². The highest BCUT2D eigenvalue weighted by atomic mass is 35.5. The number of hydrogen-bond donors (Lipinski definition) is 2. The second-order valence-electron chi connectivity index (χ2n) is 4.82. The van der Waals surface area contributed by atoms with Gasteiger partial charge in [0.15, 0.2) is 5.82 Å². The summed E-state index contributed by atoms with van der Waals surface area (Å²) in [6.45, 7) is 3.50. The van der Waals surface area contributed by atoms with Gasteiger partial charge in [0.25, 0.3) is 0 Å². The molecule has 2 N–H and O–H groups in total. The van der Waals surface area contributed by atoms with Crippen molar-refractivity contribution in [3.05, 3.63) is 28.0 Å². The Morgan fingerprint density at radius 1 is 1.38 bits per heavy atom. The summed E-state index contributed by atoms with van der Waals surface area (Å²) in [5, 5.41) is 8.04. The fraction of sp³-hybridized carbons (Fsp3) is 0.417. The molecule has 21 heavy (non-hydrogen) atoms. The molecule has 0 heterocycles. The Morgan fingerprint density at radius 2 is 1.95 bits per heavy atom. The molecule has 1 rings (SSSR count). The molecule has 0 aromatic heterocycles. The van der Waals surface area contributed by atoms with Gasteiger partial charge < -0.3 is 5.11 Å². The van der Waals surface area contributed by atoms with Crippen molar-refractivity contribution in [3.63, 3.8) is 0 Å². The maximum Gasteiger partial charge on any atom is 0.321 e. The first-order valence-corrected chi connectivity index (χ1v) is 8.18. The monoisotopic (exact) mass is 357 g/mol. The molecule has 0 aliphatic carbocycles. The summed E-state index contributed by atoms with van der Waals surface area (Å²) in [7, 11) is -4.28. The second kappa shape index (κ2) is 6.91. The van der Waals surface area contributed by atoms with Crippen LogP contribution in [0.25, 0.3) is 0 Å². The van der Waals surface area contributed by atoms with Crippen LogP contribution in [0.3, 0.4) is 0 Å². The van der Waals surface area contributed by atoms with Crippen LogP contribution in [0.15, 0.2) is 17.0 Å². The highest BCUT2D eigenvalue weighted by molar-refractivity contribution is 7.89. The second-order valence-corrected chi connectivity index (χ2v) is 7.28. The van der Waals surface area contributed by atoms with Crippen LogP contribution < -0.4 is 4.72 Å². The average molecular weight is 358 g/mol. The minimum Gasteiger partial charge on any atom is -0.480 e. The number of aliphatic carboxylic acids is 1. The maximum absolute atomic E-state index is 13.6. The van der Waals surface area contributed by atoms with Crippen molar-refractivity contribution in [2.45, 2.75) is 31.2 Å². The Kier molecular flexibility index (Phi) is 5.98. The van der Waals surface area contributed by atoms with E-state index in [1.54, 1.807) is 13.8 Å². The van der Waals surface area contributed by atoms with E-state index in [1.807, 2.05) is 4.72 Å². The van der Waals surface area contributed by atoms with Crippen LogP contribution >= 0.6 is 23.2 Å². The lowest BCUT2D eigenvalue weighted by Crippen LogP contribution is -2.41. The van der Waals surface area contributed by atoms with Gasteiger partial charge in [0.2, 0.25) is 10.0 Å². The molecule has 0 bridgehead atoms. The summed E-state index contributed by atoms with van der Waals surface area (Å²) >= 11 is 11.1. The molecule has 0 unspecified atom stereocenters. The van der Waals surface area contributed by atoms with Gasteiger partial charge in [0.05, 0.1) is 10.0 Å². The molecular formula is C12H14Cl2FNO4S. The van der Waals surface area contributed by atoms with Gasteiger partial charge in [-0.3, -0.25) is 4.79 Å². The number of hydrogen-bond acceptors (Lipinski definition) is 3. The molecule has 0 aliphatic heterocycles. The molecule has 1 atom stereocenters. The lowest BCUT2D eigenvalue weighted by Gasteiger charge is -2.17. The van der Waals surface area contributed by atoms with E-state index in [0.717, 1.165) is 12.1 Å². The number of benzene rings is 1. The number of sulfonamides is 1. The SMILES string of the molecule is CC(C)C[C@H](NS(=O)(=O)c1ccc(Cl)c(F)c1Cl)C(=O)O. The van der Waals surface area contributed by atoms with E-state index in [1.165, 1.54) is 0 Å². The minimum absolute atomic E-state index is 0.0498. The zero-order chi connectivity index (χ0) is 16.4. The van der Waals surface area contributed by atoms with E-state index in [-0.39, 0.29) is 17.4 Å². The Labute approximate surface area is 132 Å². The molecular weight excluding hydrogens is 344 g/mol. The van der Waals surface area contributed by atoms with Crippen LogP contribution in [0.4, 0.5) is 4.39 Å². The molecule has 0 aliphatic rings. The molecule has 0 radical (unpaired) electrons. The smallest absolute Gasteiger partial charge is 0.321 e. The molecule has 0 amide bonds. The molecule has 1 aromatic carbocycles. The Hall–Kier alpha value is -0.890. The summed E-state index contributed by atoms with van der Waals surface area (Å²) in [5.41, 5.74) is 0. The average Bonchev–Trinajstić information content (AvgIpc) is 2.33. The third-order valence-corrected chi connectivity index (χ3v) is 4.88. The maximum atomic E-state index is 13.6. The van der Waals surface area contributed by atoms with E-state index in [0.29, 0.717) is 0 Å². The van der Waals surface area contributed by atoms with Crippen molar-refractivity contribution in [1.29, 1.82) is 0 Å². The number of halogens is 3. The van der Waals surface area contributed by atoms with Crippen molar-refractivity contribution < 1.29 is 22.7 Å². The third kappa shape index (κ3) is 4.54. The number of carboxylic acid groups (broad SMARTS) is 1. The van der Waals surface area contributed by atoms with E-state index < -0.39 is 37.8 Å². The van der Waals surface area contributed by atoms with E-state index >= 15 is 0 Å². The summed E-state index contributed by atoms with van der Waals surface area (Å²) < 4.78 is 39.9. The van der Waals surface area contributed by atoms with Crippen LogP contribution in [-0.2, 0) is 14.8 Å².